The molecule has 2 rings (SSSR count). The first-order chi connectivity index (χ1) is 10.1. The number of nitro benzene ring substituents is 1. The number of hydrogen-bond donors (Lipinski definition) is 0. The van der Waals surface area contributed by atoms with E-state index < -0.39 is 4.92 Å². The third kappa shape index (κ3) is 3.16. The number of nitrogens with zero attached hydrogens (tertiary/aromatic N) is 2. The van der Waals surface area contributed by atoms with Crippen LogP contribution >= 0.6 is 11.6 Å². The minimum atomic E-state index is -0.397. The average molecular weight is 305 g/mol. The maximum atomic E-state index is 11.0. The molecule has 0 aliphatic heterocycles. The van der Waals surface area contributed by atoms with E-state index in [1.54, 1.807) is 12.1 Å². The lowest BCUT2D eigenvalue weighted by Gasteiger charge is -2.25. The van der Waals surface area contributed by atoms with Crippen molar-refractivity contribution < 1.29 is 4.92 Å². The molecule has 2 aromatic carbocycles. The molecule has 0 N–H and O–H groups in total. The van der Waals surface area contributed by atoms with E-state index in [1.165, 1.54) is 6.07 Å². The predicted molar refractivity (Wildman–Crippen MR) is 86.5 cm³/mol. The Morgan fingerprint density at radius 1 is 1.24 bits per heavy atom. The molecule has 5 heteroatoms. The van der Waals surface area contributed by atoms with Crippen molar-refractivity contribution >= 4 is 28.7 Å². The third-order valence-corrected chi connectivity index (χ3v) is 3.73. The van der Waals surface area contributed by atoms with Gasteiger partial charge >= 0.3 is 0 Å². The molecule has 0 aromatic heterocycles. The van der Waals surface area contributed by atoms with Gasteiger partial charge in [0.1, 0.15) is 0 Å². The second-order valence-electron chi connectivity index (χ2n) is 4.73. The van der Waals surface area contributed by atoms with Gasteiger partial charge in [-0.15, -0.1) is 11.6 Å². The van der Waals surface area contributed by atoms with E-state index in [0.717, 1.165) is 23.5 Å². The molecule has 2 aromatic rings. The Labute approximate surface area is 129 Å². The number of hydrogen-bond acceptors (Lipinski definition) is 3. The van der Waals surface area contributed by atoms with Gasteiger partial charge in [0, 0.05) is 29.5 Å². The van der Waals surface area contributed by atoms with Crippen molar-refractivity contribution in [2.24, 2.45) is 0 Å². The van der Waals surface area contributed by atoms with Gasteiger partial charge in [-0.1, -0.05) is 18.2 Å². The Morgan fingerprint density at radius 2 is 1.95 bits per heavy atom. The molecule has 0 radical (unpaired) electrons. The Morgan fingerprint density at radius 3 is 2.52 bits per heavy atom. The summed E-state index contributed by atoms with van der Waals surface area (Å²) in [5, 5.41) is 11.0. The van der Waals surface area contributed by atoms with Gasteiger partial charge in [-0.3, -0.25) is 10.1 Å². The SMILES string of the molecule is CCN(c1ccc([N+](=O)[O-])c(CCl)c1)c1ccccc1C. The highest BCUT2D eigenvalue weighted by Gasteiger charge is 2.16. The number of benzene rings is 2. The van der Waals surface area contributed by atoms with Gasteiger partial charge in [0.25, 0.3) is 5.69 Å². The Bertz CT molecular complexity index is 658. The van der Waals surface area contributed by atoms with Crippen LogP contribution in [-0.4, -0.2) is 11.5 Å². The lowest BCUT2D eigenvalue weighted by molar-refractivity contribution is -0.385. The van der Waals surface area contributed by atoms with Crippen LogP contribution in [0.1, 0.15) is 18.1 Å². The number of alkyl halides is 1. The summed E-state index contributed by atoms with van der Waals surface area (Å²) in [6.45, 7) is 4.87. The normalized spacial score (nSPS) is 10.4. The number of anilines is 2. The molecule has 0 aliphatic carbocycles. The highest BCUT2D eigenvalue weighted by Crippen LogP contribution is 2.32. The molecule has 4 nitrogen and oxygen atoms in total. The third-order valence-electron chi connectivity index (χ3n) is 3.44. The van der Waals surface area contributed by atoms with Crippen molar-refractivity contribution in [3.63, 3.8) is 0 Å². The van der Waals surface area contributed by atoms with Crippen molar-refractivity contribution in [3.8, 4) is 0 Å². The lowest BCUT2D eigenvalue weighted by Crippen LogP contribution is -2.17. The Kier molecular flexibility index (Phi) is 4.81. The molecule has 0 fully saturated rings. The van der Waals surface area contributed by atoms with Crippen molar-refractivity contribution in [2.75, 3.05) is 11.4 Å². The number of para-hydroxylation sites is 1. The summed E-state index contributed by atoms with van der Waals surface area (Å²) >= 11 is 5.85. The van der Waals surface area contributed by atoms with E-state index in [9.17, 15) is 10.1 Å². The second kappa shape index (κ2) is 6.59. The van der Waals surface area contributed by atoms with E-state index >= 15 is 0 Å². The smallest absolute Gasteiger partial charge is 0.273 e. The average Bonchev–Trinajstić information content (AvgIpc) is 2.49. The topological polar surface area (TPSA) is 46.4 Å². The number of nitro groups is 1. The fourth-order valence-electron chi connectivity index (χ4n) is 2.38. The zero-order valence-electron chi connectivity index (χ0n) is 12.0. The maximum absolute atomic E-state index is 11.0. The standard InChI is InChI=1S/C16H17ClN2O2/c1-3-18(15-7-5-4-6-12(15)2)14-8-9-16(19(20)21)13(10-14)11-17/h4-10H,3,11H2,1-2H3. The number of rotatable bonds is 5. The summed E-state index contributed by atoms with van der Waals surface area (Å²) in [5.74, 6) is 0.121. The first-order valence-electron chi connectivity index (χ1n) is 6.75. The van der Waals surface area contributed by atoms with Gasteiger partial charge in [-0.2, -0.15) is 0 Å². The quantitative estimate of drug-likeness (QED) is 0.453. The van der Waals surface area contributed by atoms with Crippen LogP contribution in [-0.2, 0) is 5.88 Å². The van der Waals surface area contributed by atoms with Crippen molar-refractivity contribution in [3.05, 3.63) is 63.7 Å². The van der Waals surface area contributed by atoms with Crippen LogP contribution in [0.4, 0.5) is 17.1 Å². The summed E-state index contributed by atoms with van der Waals surface area (Å²) in [7, 11) is 0. The second-order valence-corrected chi connectivity index (χ2v) is 5.00. The monoisotopic (exact) mass is 304 g/mol. The summed E-state index contributed by atoms with van der Waals surface area (Å²) in [6, 6.07) is 13.1. The molecule has 0 spiro atoms. The van der Waals surface area contributed by atoms with E-state index in [1.807, 2.05) is 38.1 Å². The zero-order valence-corrected chi connectivity index (χ0v) is 12.8. The Hall–Kier alpha value is -2.07. The van der Waals surface area contributed by atoms with Gasteiger partial charge in [0.15, 0.2) is 0 Å². The first-order valence-corrected chi connectivity index (χ1v) is 7.28. The van der Waals surface area contributed by atoms with Crippen molar-refractivity contribution in [1.29, 1.82) is 0 Å². The fourth-order valence-corrected chi connectivity index (χ4v) is 2.60. The van der Waals surface area contributed by atoms with E-state index in [2.05, 4.69) is 4.90 Å². The summed E-state index contributed by atoms with van der Waals surface area (Å²) in [4.78, 5) is 12.7. The largest absolute Gasteiger partial charge is 0.342 e. The molecule has 0 saturated heterocycles. The minimum absolute atomic E-state index is 0.0644. The van der Waals surface area contributed by atoms with E-state index in [-0.39, 0.29) is 11.6 Å². The molecule has 0 saturated carbocycles. The van der Waals surface area contributed by atoms with Crippen LogP contribution < -0.4 is 4.90 Å². The molecular weight excluding hydrogens is 288 g/mol. The highest BCUT2D eigenvalue weighted by atomic mass is 35.5. The van der Waals surface area contributed by atoms with Crippen LogP contribution in [0, 0.1) is 17.0 Å². The molecule has 0 heterocycles. The molecule has 0 amide bonds. The van der Waals surface area contributed by atoms with Crippen LogP contribution in [0.3, 0.4) is 0 Å². The van der Waals surface area contributed by atoms with Crippen LogP contribution in [0.5, 0.6) is 0 Å². The summed E-state index contributed by atoms with van der Waals surface area (Å²) in [5.41, 5.74) is 3.76. The lowest BCUT2D eigenvalue weighted by atomic mass is 10.1. The van der Waals surface area contributed by atoms with Gasteiger partial charge < -0.3 is 4.90 Å². The maximum Gasteiger partial charge on any atom is 0.273 e. The molecular formula is C16H17ClN2O2. The molecule has 0 bridgehead atoms. The van der Waals surface area contributed by atoms with Gasteiger partial charge in [0.05, 0.1) is 10.8 Å². The minimum Gasteiger partial charge on any atom is -0.342 e. The first kappa shape index (κ1) is 15.3. The van der Waals surface area contributed by atoms with Gasteiger partial charge in [-0.05, 0) is 37.6 Å². The molecule has 21 heavy (non-hydrogen) atoms. The highest BCUT2D eigenvalue weighted by molar-refractivity contribution is 6.17. The fraction of sp³-hybridized carbons (Fsp3) is 0.250. The van der Waals surface area contributed by atoms with Crippen LogP contribution in [0.2, 0.25) is 0 Å². The Balaban J connectivity index is 2.49. The summed E-state index contributed by atoms with van der Waals surface area (Å²) < 4.78 is 0. The number of halogens is 1. The molecule has 0 atom stereocenters. The number of aryl methyl sites for hydroxylation is 1. The van der Waals surface area contributed by atoms with Gasteiger partial charge in [-0.25, -0.2) is 0 Å². The summed E-state index contributed by atoms with van der Waals surface area (Å²) in [6.07, 6.45) is 0. The molecule has 0 aliphatic rings. The predicted octanol–water partition coefficient (Wildman–Crippen LogP) is 4.80. The van der Waals surface area contributed by atoms with Crippen LogP contribution in [0.15, 0.2) is 42.5 Å². The van der Waals surface area contributed by atoms with E-state index in [0.29, 0.717) is 5.56 Å². The molecule has 0 unspecified atom stereocenters. The van der Waals surface area contributed by atoms with Gasteiger partial charge in [0.2, 0.25) is 0 Å². The molecule has 110 valence electrons. The van der Waals surface area contributed by atoms with Crippen molar-refractivity contribution in [1.82, 2.24) is 0 Å². The van der Waals surface area contributed by atoms with E-state index in [4.69, 9.17) is 11.6 Å². The van der Waals surface area contributed by atoms with Crippen LogP contribution in [0.25, 0.3) is 0 Å². The van der Waals surface area contributed by atoms with Crippen molar-refractivity contribution in [2.45, 2.75) is 19.7 Å². The zero-order chi connectivity index (χ0) is 15.4.